The Morgan fingerprint density at radius 1 is 0.957 bits per heavy atom. The number of phenols is 1. The minimum atomic E-state index is -0.190. The van der Waals surface area contributed by atoms with Gasteiger partial charge >= 0.3 is 0 Å². The summed E-state index contributed by atoms with van der Waals surface area (Å²) in [6, 6.07) is 9.88. The number of ketones is 1. The lowest BCUT2D eigenvalue weighted by Crippen LogP contribution is -1.95. The molecule has 0 aliphatic heterocycles. The maximum absolute atomic E-state index is 12.2. The van der Waals surface area contributed by atoms with Gasteiger partial charge in [0.2, 0.25) is 0 Å². The predicted molar refractivity (Wildman–Crippen MR) is 87.6 cm³/mol. The van der Waals surface area contributed by atoms with Crippen molar-refractivity contribution < 1.29 is 24.1 Å². The molecule has 0 saturated heterocycles. The molecule has 0 spiro atoms. The van der Waals surface area contributed by atoms with E-state index in [0.717, 1.165) is 0 Å². The first-order valence-corrected chi connectivity index (χ1v) is 6.90. The third kappa shape index (κ3) is 3.83. The van der Waals surface area contributed by atoms with Gasteiger partial charge in [-0.3, -0.25) is 4.79 Å². The summed E-state index contributed by atoms with van der Waals surface area (Å²) >= 11 is 0. The molecule has 1 N–H and O–H groups in total. The molecule has 2 aromatic carbocycles. The topological polar surface area (TPSA) is 65.0 Å². The Bertz CT molecular complexity index is 717. The molecule has 120 valence electrons. The monoisotopic (exact) mass is 314 g/mol. The third-order valence-electron chi connectivity index (χ3n) is 3.33. The highest BCUT2D eigenvalue weighted by molar-refractivity contribution is 6.07. The van der Waals surface area contributed by atoms with E-state index in [1.165, 1.54) is 32.4 Å². The molecule has 5 nitrogen and oxygen atoms in total. The molecule has 23 heavy (non-hydrogen) atoms. The van der Waals surface area contributed by atoms with Crippen LogP contribution in [0.5, 0.6) is 23.0 Å². The van der Waals surface area contributed by atoms with Crippen LogP contribution in [0.1, 0.15) is 15.9 Å². The van der Waals surface area contributed by atoms with Gasteiger partial charge in [-0.1, -0.05) is 0 Å². The van der Waals surface area contributed by atoms with E-state index in [0.29, 0.717) is 28.4 Å². The molecule has 0 radical (unpaired) electrons. The van der Waals surface area contributed by atoms with Crippen LogP contribution in [-0.2, 0) is 0 Å². The summed E-state index contributed by atoms with van der Waals surface area (Å²) in [6.07, 6.45) is 2.89. The SMILES string of the molecule is COc1ccc(C(=O)C=Cc2c(O)cc(OC)cc2OC)cc1. The average molecular weight is 314 g/mol. The van der Waals surface area contributed by atoms with Crippen LogP contribution in [0.2, 0.25) is 0 Å². The van der Waals surface area contributed by atoms with Crippen molar-refractivity contribution in [3.63, 3.8) is 0 Å². The Kier molecular flexibility index (Phi) is 5.25. The number of aromatic hydroxyl groups is 1. The smallest absolute Gasteiger partial charge is 0.185 e. The van der Waals surface area contributed by atoms with Crippen LogP contribution in [0, 0.1) is 0 Å². The highest BCUT2D eigenvalue weighted by Gasteiger charge is 2.10. The second-order valence-corrected chi connectivity index (χ2v) is 4.69. The summed E-state index contributed by atoms with van der Waals surface area (Å²) < 4.78 is 15.3. The van der Waals surface area contributed by atoms with Gasteiger partial charge in [0.15, 0.2) is 5.78 Å². The number of carbonyl (C=O) groups is 1. The largest absolute Gasteiger partial charge is 0.507 e. The molecule has 0 aliphatic carbocycles. The van der Waals surface area contributed by atoms with E-state index in [1.54, 1.807) is 37.4 Å². The fourth-order valence-corrected chi connectivity index (χ4v) is 2.05. The molecule has 0 unspecified atom stereocenters. The average Bonchev–Trinajstić information content (AvgIpc) is 2.59. The maximum atomic E-state index is 12.2. The maximum Gasteiger partial charge on any atom is 0.185 e. The fourth-order valence-electron chi connectivity index (χ4n) is 2.05. The summed E-state index contributed by atoms with van der Waals surface area (Å²) in [4.78, 5) is 12.2. The molecular formula is C18H18O5. The van der Waals surface area contributed by atoms with Crippen molar-refractivity contribution in [2.45, 2.75) is 0 Å². The number of hydrogen-bond donors (Lipinski definition) is 1. The first kappa shape index (κ1) is 16.4. The van der Waals surface area contributed by atoms with E-state index in [4.69, 9.17) is 14.2 Å². The molecule has 0 aromatic heterocycles. The summed E-state index contributed by atoms with van der Waals surface area (Å²) in [7, 11) is 4.54. The summed E-state index contributed by atoms with van der Waals surface area (Å²) in [5.74, 6) is 1.35. The molecule has 0 saturated carbocycles. The van der Waals surface area contributed by atoms with Crippen molar-refractivity contribution in [3.8, 4) is 23.0 Å². The Morgan fingerprint density at radius 3 is 2.17 bits per heavy atom. The van der Waals surface area contributed by atoms with Gasteiger partial charge in [0.1, 0.15) is 23.0 Å². The van der Waals surface area contributed by atoms with E-state index in [9.17, 15) is 9.90 Å². The van der Waals surface area contributed by atoms with Crippen molar-refractivity contribution in [1.82, 2.24) is 0 Å². The van der Waals surface area contributed by atoms with Crippen molar-refractivity contribution in [2.24, 2.45) is 0 Å². The Morgan fingerprint density at radius 2 is 1.61 bits per heavy atom. The molecule has 0 aliphatic rings. The summed E-state index contributed by atoms with van der Waals surface area (Å²) in [5.41, 5.74) is 0.934. The van der Waals surface area contributed by atoms with Crippen LogP contribution in [-0.4, -0.2) is 32.2 Å². The Hall–Kier alpha value is -2.95. The Balaban J connectivity index is 2.26. The second-order valence-electron chi connectivity index (χ2n) is 4.69. The molecule has 0 heterocycles. The van der Waals surface area contributed by atoms with E-state index < -0.39 is 0 Å². The lowest BCUT2D eigenvalue weighted by Gasteiger charge is -2.09. The van der Waals surface area contributed by atoms with Crippen LogP contribution < -0.4 is 14.2 Å². The van der Waals surface area contributed by atoms with Crippen molar-refractivity contribution in [2.75, 3.05) is 21.3 Å². The van der Waals surface area contributed by atoms with Gasteiger partial charge in [-0.2, -0.15) is 0 Å². The molecule has 2 rings (SSSR count). The number of phenolic OH excluding ortho intramolecular Hbond substituents is 1. The highest BCUT2D eigenvalue weighted by Crippen LogP contribution is 2.34. The lowest BCUT2D eigenvalue weighted by molar-refractivity contribution is 0.104. The molecule has 0 fully saturated rings. The predicted octanol–water partition coefficient (Wildman–Crippen LogP) is 3.31. The molecule has 5 heteroatoms. The fraction of sp³-hybridized carbons (Fsp3) is 0.167. The van der Waals surface area contributed by atoms with Gasteiger partial charge in [0, 0.05) is 17.7 Å². The van der Waals surface area contributed by atoms with Gasteiger partial charge < -0.3 is 19.3 Å². The standard InChI is InChI=1S/C18H18O5/c1-21-13-6-4-12(5-7-13)16(19)9-8-15-17(20)10-14(22-2)11-18(15)23-3/h4-11,20H,1-3H3. The molecule has 0 bridgehead atoms. The number of benzene rings is 2. The molecule has 2 aromatic rings. The zero-order valence-electron chi connectivity index (χ0n) is 13.2. The van der Waals surface area contributed by atoms with E-state index in [1.807, 2.05) is 0 Å². The van der Waals surface area contributed by atoms with Gasteiger partial charge in [0.05, 0.1) is 26.9 Å². The lowest BCUT2D eigenvalue weighted by atomic mass is 10.1. The quantitative estimate of drug-likeness (QED) is 0.654. The van der Waals surface area contributed by atoms with Crippen LogP contribution in [0.3, 0.4) is 0 Å². The van der Waals surface area contributed by atoms with Crippen LogP contribution >= 0.6 is 0 Å². The van der Waals surface area contributed by atoms with E-state index in [-0.39, 0.29) is 11.5 Å². The highest BCUT2D eigenvalue weighted by atomic mass is 16.5. The summed E-state index contributed by atoms with van der Waals surface area (Å²) in [6.45, 7) is 0. The molecule has 0 amide bonds. The van der Waals surface area contributed by atoms with Gasteiger partial charge in [-0.25, -0.2) is 0 Å². The minimum absolute atomic E-state index is 0.0278. The van der Waals surface area contributed by atoms with E-state index in [2.05, 4.69) is 0 Å². The van der Waals surface area contributed by atoms with Crippen molar-refractivity contribution in [1.29, 1.82) is 0 Å². The van der Waals surface area contributed by atoms with E-state index >= 15 is 0 Å². The number of allylic oxidation sites excluding steroid dienone is 1. The van der Waals surface area contributed by atoms with Crippen LogP contribution in [0.25, 0.3) is 6.08 Å². The van der Waals surface area contributed by atoms with Gasteiger partial charge in [-0.05, 0) is 36.4 Å². The molecule has 0 atom stereocenters. The van der Waals surface area contributed by atoms with Crippen molar-refractivity contribution in [3.05, 3.63) is 53.6 Å². The zero-order valence-corrected chi connectivity index (χ0v) is 13.2. The number of ether oxygens (including phenoxy) is 3. The van der Waals surface area contributed by atoms with Crippen LogP contribution in [0.4, 0.5) is 0 Å². The first-order valence-electron chi connectivity index (χ1n) is 6.90. The van der Waals surface area contributed by atoms with Crippen LogP contribution in [0.15, 0.2) is 42.5 Å². The minimum Gasteiger partial charge on any atom is -0.507 e. The first-order chi connectivity index (χ1) is 11.1. The summed E-state index contributed by atoms with van der Waals surface area (Å²) in [5, 5.41) is 10.0. The zero-order chi connectivity index (χ0) is 16.8. The van der Waals surface area contributed by atoms with Crippen molar-refractivity contribution >= 4 is 11.9 Å². The van der Waals surface area contributed by atoms with Gasteiger partial charge in [-0.15, -0.1) is 0 Å². The number of hydrogen-bond acceptors (Lipinski definition) is 5. The number of rotatable bonds is 6. The van der Waals surface area contributed by atoms with Gasteiger partial charge in [0.25, 0.3) is 0 Å². The third-order valence-corrected chi connectivity index (χ3v) is 3.33. The number of carbonyl (C=O) groups excluding carboxylic acids is 1. The second kappa shape index (κ2) is 7.35. The Labute approximate surface area is 134 Å². The number of methoxy groups -OCH3 is 3. The normalized spacial score (nSPS) is 10.6. The molecular weight excluding hydrogens is 296 g/mol.